The van der Waals surface area contributed by atoms with Gasteiger partial charge in [-0.3, -0.25) is 4.79 Å². The molecule has 4 atom stereocenters. The van der Waals surface area contributed by atoms with Crippen molar-refractivity contribution in [1.82, 2.24) is 4.90 Å². The number of benzene rings is 2. The van der Waals surface area contributed by atoms with Gasteiger partial charge < -0.3 is 19.6 Å². The number of ether oxygens (including phenoxy) is 1. The summed E-state index contributed by atoms with van der Waals surface area (Å²) >= 11 is 6.63. The van der Waals surface area contributed by atoms with E-state index in [1.807, 2.05) is 50.2 Å². The molecular formula is C29H33ClN2O3. The third-order valence-electron chi connectivity index (χ3n) is 7.76. The molecule has 0 radical (unpaired) electrons. The first-order valence-corrected chi connectivity index (χ1v) is 13.0. The molecule has 3 heterocycles. The van der Waals surface area contributed by atoms with Gasteiger partial charge in [0.25, 0.3) is 5.91 Å². The standard InChI is InChI=1S/C29H33ClN2O3/c1-18(2)27(33)10-5-19-4-9-25-20(14-19)12-13-32(29(25)34)23-8-11-28(26(30)17-23)35-24-15-21-6-7-22(16-24)31(21)3/h4,8-9,11,14,17-18,21-22,24,27,33H,6-7,12-13,15-16H2,1-3H3/t21-,22+,24-,27?. The molecule has 35 heavy (non-hydrogen) atoms. The Kier molecular flexibility index (Phi) is 6.81. The third-order valence-corrected chi connectivity index (χ3v) is 8.05. The topological polar surface area (TPSA) is 53.0 Å². The van der Waals surface area contributed by atoms with Crippen LogP contribution in [0.25, 0.3) is 0 Å². The summed E-state index contributed by atoms with van der Waals surface area (Å²) < 4.78 is 6.32. The van der Waals surface area contributed by atoms with E-state index in [9.17, 15) is 9.90 Å². The fourth-order valence-electron chi connectivity index (χ4n) is 5.53. The van der Waals surface area contributed by atoms with Gasteiger partial charge in [-0.2, -0.15) is 0 Å². The van der Waals surface area contributed by atoms with Gasteiger partial charge in [0.05, 0.1) is 5.02 Å². The number of fused-ring (bicyclic) bond motifs is 3. The average Bonchev–Trinajstić information content (AvgIpc) is 3.04. The van der Waals surface area contributed by atoms with Crippen LogP contribution in [0.3, 0.4) is 0 Å². The van der Waals surface area contributed by atoms with Crippen LogP contribution >= 0.6 is 11.6 Å². The zero-order chi connectivity index (χ0) is 24.7. The Balaban J connectivity index is 1.28. The number of halogens is 1. The Bertz CT molecular complexity index is 1170. The van der Waals surface area contributed by atoms with Crippen molar-refractivity contribution in [1.29, 1.82) is 0 Å². The number of aliphatic hydroxyl groups excluding tert-OH is 1. The van der Waals surface area contributed by atoms with Gasteiger partial charge >= 0.3 is 0 Å². The van der Waals surface area contributed by atoms with Crippen LogP contribution in [0.4, 0.5) is 5.69 Å². The monoisotopic (exact) mass is 492 g/mol. The van der Waals surface area contributed by atoms with Gasteiger partial charge in [0, 0.05) is 35.4 Å². The zero-order valence-corrected chi connectivity index (χ0v) is 21.4. The van der Waals surface area contributed by atoms with Gasteiger partial charge in [0.15, 0.2) is 0 Å². The summed E-state index contributed by atoms with van der Waals surface area (Å²) in [6, 6.07) is 12.5. The van der Waals surface area contributed by atoms with Crippen LogP contribution in [0.15, 0.2) is 36.4 Å². The second kappa shape index (κ2) is 9.85. The number of aliphatic hydroxyl groups is 1. The maximum absolute atomic E-state index is 13.3. The molecule has 2 aromatic carbocycles. The predicted octanol–water partition coefficient (Wildman–Crippen LogP) is 4.92. The van der Waals surface area contributed by atoms with Crippen molar-refractivity contribution in [3.8, 4) is 17.6 Å². The first-order valence-electron chi connectivity index (χ1n) is 12.6. The van der Waals surface area contributed by atoms with Crippen LogP contribution in [-0.4, -0.2) is 53.8 Å². The Morgan fingerprint density at radius 1 is 1.11 bits per heavy atom. The second-order valence-electron chi connectivity index (χ2n) is 10.4. The molecule has 3 aliphatic rings. The highest BCUT2D eigenvalue weighted by Gasteiger charge is 2.39. The van der Waals surface area contributed by atoms with Crippen molar-refractivity contribution in [3.63, 3.8) is 0 Å². The minimum Gasteiger partial charge on any atom is -0.489 e. The SMILES string of the molecule is CC(C)C(O)C#Cc1ccc2c(c1)CCN(c1ccc(O[C@@H]3C[C@H]4CC[C@@H](C3)N4C)c(Cl)c1)C2=O. The molecule has 1 N–H and O–H groups in total. The normalized spacial score (nSPS) is 24.7. The van der Waals surface area contributed by atoms with Gasteiger partial charge in [-0.25, -0.2) is 0 Å². The number of rotatable bonds is 4. The van der Waals surface area contributed by atoms with E-state index in [-0.39, 0.29) is 17.9 Å². The number of hydrogen-bond donors (Lipinski definition) is 1. The van der Waals surface area contributed by atoms with Crippen LogP contribution in [0.2, 0.25) is 5.02 Å². The lowest BCUT2D eigenvalue weighted by Gasteiger charge is -2.36. The molecule has 1 amide bonds. The first-order chi connectivity index (χ1) is 16.8. The van der Waals surface area contributed by atoms with Crippen molar-refractivity contribution in [2.75, 3.05) is 18.5 Å². The minimum absolute atomic E-state index is 0.0374. The molecule has 5 nitrogen and oxygen atoms in total. The van der Waals surface area contributed by atoms with E-state index < -0.39 is 6.10 Å². The summed E-state index contributed by atoms with van der Waals surface area (Å²) in [6.45, 7) is 4.44. The number of amides is 1. The van der Waals surface area contributed by atoms with Gasteiger partial charge in [0.1, 0.15) is 18.0 Å². The molecule has 6 heteroatoms. The zero-order valence-electron chi connectivity index (χ0n) is 20.6. The number of carbonyl (C=O) groups excluding carboxylic acids is 1. The fraction of sp³-hybridized carbons (Fsp3) is 0.483. The summed E-state index contributed by atoms with van der Waals surface area (Å²) in [5, 5.41) is 10.5. The third kappa shape index (κ3) is 4.93. The van der Waals surface area contributed by atoms with Crippen molar-refractivity contribution in [2.45, 2.75) is 70.2 Å². The summed E-state index contributed by atoms with van der Waals surface area (Å²) in [5.74, 6) is 6.66. The number of carbonyl (C=O) groups is 1. The average molecular weight is 493 g/mol. The van der Waals surface area contributed by atoms with Crippen LogP contribution in [0.5, 0.6) is 5.75 Å². The number of piperidine rings is 1. The molecule has 2 fully saturated rings. The van der Waals surface area contributed by atoms with Crippen LogP contribution < -0.4 is 9.64 Å². The largest absolute Gasteiger partial charge is 0.489 e. The lowest BCUT2D eigenvalue weighted by atomic mass is 9.96. The van der Waals surface area contributed by atoms with Gasteiger partial charge in [-0.1, -0.05) is 37.3 Å². The number of anilines is 1. The highest BCUT2D eigenvalue weighted by molar-refractivity contribution is 6.32. The van der Waals surface area contributed by atoms with Crippen LogP contribution in [-0.2, 0) is 6.42 Å². The Hall–Kier alpha value is -2.52. The summed E-state index contributed by atoms with van der Waals surface area (Å²) in [6.07, 6.45) is 4.84. The van der Waals surface area contributed by atoms with E-state index >= 15 is 0 Å². The molecule has 0 saturated carbocycles. The van der Waals surface area contributed by atoms with Crippen molar-refractivity contribution < 1.29 is 14.6 Å². The lowest BCUT2D eigenvalue weighted by Crippen LogP contribution is -2.43. The Labute approximate surface area is 213 Å². The fourth-order valence-corrected chi connectivity index (χ4v) is 5.75. The first kappa shape index (κ1) is 24.2. The molecule has 1 unspecified atom stereocenters. The van der Waals surface area contributed by atoms with Crippen LogP contribution in [0, 0.1) is 17.8 Å². The molecule has 184 valence electrons. The van der Waals surface area contributed by atoms with Gasteiger partial charge in [0.2, 0.25) is 0 Å². The van der Waals surface area contributed by atoms with Crippen molar-refractivity contribution >= 4 is 23.2 Å². The maximum Gasteiger partial charge on any atom is 0.258 e. The molecule has 2 bridgehead atoms. The maximum atomic E-state index is 13.3. The van der Waals surface area contributed by atoms with Crippen molar-refractivity contribution in [3.05, 3.63) is 58.1 Å². The molecule has 0 aromatic heterocycles. The van der Waals surface area contributed by atoms with E-state index in [4.69, 9.17) is 16.3 Å². The molecule has 3 aliphatic heterocycles. The molecule has 2 aromatic rings. The van der Waals surface area contributed by atoms with Crippen molar-refractivity contribution in [2.24, 2.45) is 5.92 Å². The lowest BCUT2D eigenvalue weighted by molar-refractivity contribution is 0.0662. The molecule has 5 rings (SSSR count). The summed E-state index contributed by atoms with van der Waals surface area (Å²) in [4.78, 5) is 17.6. The van der Waals surface area contributed by atoms with Gasteiger partial charge in [-0.15, -0.1) is 0 Å². The summed E-state index contributed by atoms with van der Waals surface area (Å²) in [5.41, 5.74) is 3.27. The quantitative estimate of drug-likeness (QED) is 0.616. The molecule has 0 aliphatic carbocycles. The highest BCUT2D eigenvalue weighted by Crippen LogP contribution is 2.38. The smallest absolute Gasteiger partial charge is 0.258 e. The van der Waals surface area contributed by atoms with E-state index in [0.717, 1.165) is 36.1 Å². The highest BCUT2D eigenvalue weighted by atomic mass is 35.5. The Morgan fingerprint density at radius 3 is 2.54 bits per heavy atom. The van der Waals surface area contributed by atoms with Crippen LogP contribution in [0.1, 0.15) is 61.0 Å². The molecule has 2 saturated heterocycles. The number of hydrogen-bond acceptors (Lipinski definition) is 4. The van der Waals surface area contributed by atoms with E-state index in [1.54, 1.807) is 4.90 Å². The predicted molar refractivity (Wildman–Crippen MR) is 139 cm³/mol. The summed E-state index contributed by atoms with van der Waals surface area (Å²) in [7, 11) is 2.22. The molecule has 0 spiro atoms. The van der Waals surface area contributed by atoms with E-state index in [2.05, 4.69) is 23.8 Å². The van der Waals surface area contributed by atoms with E-state index in [1.165, 1.54) is 12.8 Å². The van der Waals surface area contributed by atoms with Gasteiger partial charge in [-0.05, 0) is 87.0 Å². The minimum atomic E-state index is -0.658. The second-order valence-corrected chi connectivity index (χ2v) is 10.8. The molecular weight excluding hydrogens is 460 g/mol. The van der Waals surface area contributed by atoms with E-state index in [0.29, 0.717) is 35.0 Å². The number of nitrogens with zero attached hydrogens (tertiary/aromatic N) is 2. The Morgan fingerprint density at radius 2 is 1.86 bits per heavy atom.